The van der Waals surface area contributed by atoms with Gasteiger partial charge in [-0.2, -0.15) is 0 Å². The summed E-state index contributed by atoms with van der Waals surface area (Å²) in [5.41, 5.74) is 0. The summed E-state index contributed by atoms with van der Waals surface area (Å²) in [6, 6.07) is 4.00. The van der Waals surface area contributed by atoms with Crippen molar-refractivity contribution in [3.8, 4) is 0 Å². The monoisotopic (exact) mass is 341 g/mol. The number of nitrogens with zero attached hydrogens (tertiary/aromatic N) is 1. The number of likely N-dealkylation sites (N-methyl/N-ethyl adjacent to an activating group) is 1. The summed E-state index contributed by atoms with van der Waals surface area (Å²) in [5, 5.41) is 6.27. The SMILES string of the molecule is CC(NC(=O)c1ccco1)C(=O)N(C)C1CC2CCC(C1)N2.Cl. The summed E-state index contributed by atoms with van der Waals surface area (Å²) >= 11 is 0. The molecule has 2 aliphatic heterocycles. The van der Waals surface area contributed by atoms with Gasteiger partial charge >= 0.3 is 0 Å². The maximum absolute atomic E-state index is 12.5. The number of hydrogen-bond donors (Lipinski definition) is 2. The van der Waals surface area contributed by atoms with Gasteiger partial charge in [-0.05, 0) is 44.7 Å². The Balaban J connectivity index is 0.00000192. The fourth-order valence-electron chi connectivity index (χ4n) is 3.57. The summed E-state index contributed by atoms with van der Waals surface area (Å²) in [6.45, 7) is 1.72. The van der Waals surface area contributed by atoms with E-state index in [0.717, 1.165) is 12.8 Å². The summed E-state index contributed by atoms with van der Waals surface area (Å²) in [4.78, 5) is 26.3. The lowest BCUT2D eigenvalue weighted by atomic mass is 9.98. The lowest BCUT2D eigenvalue weighted by molar-refractivity contribution is -0.134. The number of amides is 2. The Morgan fingerprint density at radius 1 is 1.35 bits per heavy atom. The van der Waals surface area contributed by atoms with E-state index >= 15 is 0 Å². The second-order valence-corrected chi connectivity index (χ2v) is 6.38. The van der Waals surface area contributed by atoms with Gasteiger partial charge in [0.05, 0.1) is 6.26 Å². The standard InChI is InChI=1S/C16H23N3O3.ClH/c1-10(17-15(20)14-4-3-7-22-14)16(21)19(2)13-8-11-5-6-12(9-13)18-11;/h3-4,7,10-13,18H,5-6,8-9H2,1-2H3,(H,17,20);1H. The van der Waals surface area contributed by atoms with Crippen LogP contribution in [-0.2, 0) is 4.79 Å². The molecule has 3 unspecified atom stereocenters. The Morgan fingerprint density at radius 2 is 2.00 bits per heavy atom. The van der Waals surface area contributed by atoms with Gasteiger partial charge in [-0.25, -0.2) is 0 Å². The van der Waals surface area contributed by atoms with Crippen LogP contribution >= 0.6 is 12.4 Å². The van der Waals surface area contributed by atoms with Gasteiger partial charge in [0.2, 0.25) is 5.91 Å². The highest BCUT2D eigenvalue weighted by atomic mass is 35.5. The molecule has 7 heteroatoms. The van der Waals surface area contributed by atoms with Crippen LogP contribution in [0.1, 0.15) is 43.2 Å². The summed E-state index contributed by atoms with van der Waals surface area (Å²) in [5.74, 6) is -0.182. The fourth-order valence-corrected chi connectivity index (χ4v) is 3.57. The van der Waals surface area contributed by atoms with Crippen molar-refractivity contribution in [2.45, 2.75) is 56.8 Å². The van der Waals surface area contributed by atoms with Gasteiger partial charge in [-0.1, -0.05) is 0 Å². The highest BCUT2D eigenvalue weighted by Gasteiger charge is 2.37. The molecule has 3 atom stereocenters. The Bertz CT molecular complexity index is 537. The van der Waals surface area contributed by atoms with Crippen LogP contribution in [0.5, 0.6) is 0 Å². The average molecular weight is 342 g/mol. The molecular weight excluding hydrogens is 318 g/mol. The number of carbonyl (C=O) groups is 2. The first-order valence-corrected chi connectivity index (χ1v) is 7.91. The minimum atomic E-state index is -0.560. The van der Waals surface area contributed by atoms with Gasteiger partial charge in [-0.3, -0.25) is 9.59 Å². The van der Waals surface area contributed by atoms with Gasteiger partial charge in [0.25, 0.3) is 5.91 Å². The van der Waals surface area contributed by atoms with Crippen molar-refractivity contribution in [2.75, 3.05) is 7.05 Å². The molecule has 2 fully saturated rings. The lowest BCUT2D eigenvalue weighted by Gasteiger charge is -2.36. The van der Waals surface area contributed by atoms with Crippen molar-refractivity contribution in [3.63, 3.8) is 0 Å². The zero-order valence-electron chi connectivity index (χ0n) is 13.5. The van der Waals surface area contributed by atoms with E-state index in [9.17, 15) is 9.59 Å². The summed E-state index contributed by atoms with van der Waals surface area (Å²) in [6.07, 6.45) is 5.84. The highest BCUT2D eigenvalue weighted by molar-refractivity contribution is 5.95. The van der Waals surface area contributed by atoms with Crippen molar-refractivity contribution in [1.82, 2.24) is 15.5 Å². The predicted molar refractivity (Wildman–Crippen MR) is 88.6 cm³/mol. The van der Waals surface area contributed by atoms with E-state index in [4.69, 9.17) is 4.42 Å². The van der Waals surface area contributed by atoms with E-state index in [1.165, 1.54) is 19.1 Å². The van der Waals surface area contributed by atoms with Crippen LogP contribution in [0.4, 0.5) is 0 Å². The van der Waals surface area contributed by atoms with Gasteiger partial charge in [0.15, 0.2) is 5.76 Å². The number of rotatable bonds is 4. The number of halogens is 1. The maximum Gasteiger partial charge on any atom is 0.287 e. The first-order valence-electron chi connectivity index (χ1n) is 7.91. The fraction of sp³-hybridized carbons (Fsp3) is 0.625. The Kier molecular flexibility index (Phi) is 5.70. The molecule has 2 aliphatic rings. The van der Waals surface area contributed by atoms with Crippen LogP contribution in [0, 0.1) is 0 Å². The predicted octanol–water partition coefficient (Wildman–Crippen LogP) is 1.56. The summed E-state index contributed by atoms with van der Waals surface area (Å²) < 4.78 is 5.04. The topological polar surface area (TPSA) is 74.6 Å². The average Bonchev–Trinajstić information content (AvgIpc) is 3.15. The molecular formula is C16H24ClN3O3. The van der Waals surface area contributed by atoms with Crippen LogP contribution in [0.3, 0.4) is 0 Å². The van der Waals surface area contributed by atoms with E-state index in [2.05, 4.69) is 10.6 Å². The van der Waals surface area contributed by atoms with Crippen molar-refractivity contribution in [2.24, 2.45) is 0 Å². The number of piperidine rings is 1. The Morgan fingerprint density at radius 3 is 2.57 bits per heavy atom. The largest absolute Gasteiger partial charge is 0.459 e. The van der Waals surface area contributed by atoms with Crippen LogP contribution in [0.2, 0.25) is 0 Å². The number of nitrogens with one attached hydrogen (secondary N) is 2. The first-order chi connectivity index (χ1) is 10.5. The quantitative estimate of drug-likeness (QED) is 0.871. The lowest BCUT2D eigenvalue weighted by Crippen LogP contribution is -2.53. The molecule has 2 amide bonds. The molecule has 1 aromatic rings. The molecule has 3 rings (SSSR count). The van der Waals surface area contributed by atoms with Crippen molar-refractivity contribution in [1.29, 1.82) is 0 Å². The normalized spacial score (nSPS) is 27.0. The zero-order chi connectivity index (χ0) is 15.7. The molecule has 0 spiro atoms. The van der Waals surface area contributed by atoms with Gasteiger partial charge in [-0.15, -0.1) is 12.4 Å². The van der Waals surface area contributed by atoms with Gasteiger partial charge in [0.1, 0.15) is 6.04 Å². The Hall–Kier alpha value is -1.53. The molecule has 0 radical (unpaired) electrons. The second kappa shape index (κ2) is 7.36. The molecule has 2 saturated heterocycles. The molecule has 0 saturated carbocycles. The third-order valence-electron chi connectivity index (χ3n) is 4.81. The van der Waals surface area contributed by atoms with E-state index in [1.54, 1.807) is 24.0 Å². The molecule has 6 nitrogen and oxygen atoms in total. The first kappa shape index (κ1) is 17.8. The van der Waals surface area contributed by atoms with Crippen molar-refractivity contribution >= 4 is 24.2 Å². The third-order valence-corrected chi connectivity index (χ3v) is 4.81. The maximum atomic E-state index is 12.5. The van der Waals surface area contributed by atoms with Gasteiger partial charge < -0.3 is 20.0 Å². The van der Waals surface area contributed by atoms with E-state index in [-0.39, 0.29) is 36.0 Å². The van der Waals surface area contributed by atoms with Crippen molar-refractivity contribution in [3.05, 3.63) is 24.2 Å². The third kappa shape index (κ3) is 3.87. The number of furan rings is 1. The van der Waals surface area contributed by atoms with Crippen LogP contribution in [-0.4, -0.2) is 47.9 Å². The molecule has 23 heavy (non-hydrogen) atoms. The van der Waals surface area contributed by atoms with Crippen LogP contribution in [0.25, 0.3) is 0 Å². The minimum absolute atomic E-state index is 0. The highest BCUT2D eigenvalue weighted by Crippen LogP contribution is 2.29. The molecule has 2 N–H and O–H groups in total. The number of fused-ring (bicyclic) bond motifs is 2. The molecule has 3 heterocycles. The molecule has 2 bridgehead atoms. The summed E-state index contributed by atoms with van der Waals surface area (Å²) in [7, 11) is 1.84. The number of hydrogen-bond acceptors (Lipinski definition) is 4. The minimum Gasteiger partial charge on any atom is -0.459 e. The molecule has 0 aliphatic carbocycles. The smallest absolute Gasteiger partial charge is 0.287 e. The van der Waals surface area contributed by atoms with Crippen molar-refractivity contribution < 1.29 is 14.0 Å². The molecule has 1 aromatic heterocycles. The number of carbonyl (C=O) groups excluding carboxylic acids is 2. The molecule has 0 aromatic carbocycles. The van der Waals surface area contributed by atoms with E-state index in [0.29, 0.717) is 12.1 Å². The molecule has 128 valence electrons. The van der Waals surface area contributed by atoms with Crippen LogP contribution in [0.15, 0.2) is 22.8 Å². The van der Waals surface area contributed by atoms with E-state index in [1.807, 2.05) is 7.05 Å². The van der Waals surface area contributed by atoms with Gasteiger partial charge in [0, 0.05) is 25.2 Å². The van der Waals surface area contributed by atoms with E-state index < -0.39 is 6.04 Å². The Labute approximate surface area is 142 Å². The second-order valence-electron chi connectivity index (χ2n) is 6.38. The zero-order valence-corrected chi connectivity index (χ0v) is 14.3. The van der Waals surface area contributed by atoms with Crippen LogP contribution < -0.4 is 10.6 Å².